The Morgan fingerprint density at radius 3 is 2.24 bits per heavy atom. The zero-order chi connectivity index (χ0) is 24.8. The van der Waals surface area contributed by atoms with Gasteiger partial charge in [0.2, 0.25) is 5.91 Å². The maximum absolute atomic E-state index is 13.7. The molecule has 0 spiro atoms. The molecule has 2 aromatic rings. The van der Waals surface area contributed by atoms with E-state index in [4.69, 9.17) is 0 Å². The number of ketones is 1. The molecule has 10 heteroatoms. The van der Waals surface area contributed by atoms with Crippen molar-refractivity contribution in [1.29, 1.82) is 0 Å². The standard InChI is InChI=1S/C23H20Br3F4NO2/c1-13(22(33)31-7-6-27)8-21(32)18-4-2-14(9-20(18)26)3-5-19(23(28,29)30)15-10-16(24)12-17(25)11-15/h2-5,9-13,19H,6-8H2,1H3,(H,31,33)/b5-3+/t13-,19?/m0/s1. The Kier molecular flexibility index (Phi) is 10.3. The highest BCUT2D eigenvalue weighted by Gasteiger charge is 2.39. The van der Waals surface area contributed by atoms with Gasteiger partial charge >= 0.3 is 6.18 Å². The summed E-state index contributed by atoms with van der Waals surface area (Å²) in [5.74, 6) is -3.20. The van der Waals surface area contributed by atoms with Crippen LogP contribution in [0, 0.1) is 5.92 Å². The van der Waals surface area contributed by atoms with Gasteiger partial charge in [0.1, 0.15) is 6.67 Å². The molecule has 3 nitrogen and oxygen atoms in total. The Labute approximate surface area is 214 Å². The number of nitrogens with one attached hydrogen (secondary N) is 1. The average molecular weight is 658 g/mol. The van der Waals surface area contributed by atoms with Gasteiger partial charge in [-0.1, -0.05) is 72.9 Å². The Morgan fingerprint density at radius 1 is 1.06 bits per heavy atom. The van der Waals surface area contributed by atoms with Crippen molar-refractivity contribution >= 4 is 65.6 Å². The normalized spacial score (nSPS) is 13.7. The van der Waals surface area contributed by atoms with Crippen LogP contribution in [0.1, 0.15) is 40.7 Å². The molecule has 0 bridgehead atoms. The lowest BCUT2D eigenvalue weighted by Crippen LogP contribution is -2.32. The predicted octanol–water partition coefficient (Wildman–Crippen LogP) is 7.63. The zero-order valence-corrected chi connectivity index (χ0v) is 22.1. The molecule has 0 fully saturated rings. The molecule has 33 heavy (non-hydrogen) atoms. The second-order valence-corrected chi connectivity index (χ2v) is 10.0. The van der Waals surface area contributed by atoms with Gasteiger partial charge in [-0.2, -0.15) is 13.2 Å². The third-order valence-electron chi connectivity index (χ3n) is 4.70. The number of alkyl halides is 4. The van der Waals surface area contributed by atoms with E-state index in [-0.39, 0.29) is 24.3 Å². The summed E-state index contributed by atoms with van der Waals surface area (Å²) in [7, 11) is 0. The quantitative estimate of drug-likeness (QED) is 0.223. The maximum Gasteiger partial charge on any atom is 0.399 e. The summed E-state index contributed by atoms with van der Waals surface area (Å²) in [6.45, 7) is 0.757. The monoisotopic (exact) mass is 655 g/mol. The first kappa shape index (κ1) is 27.7. The molecule has 0 heterocycles. The van der Waals surface area contributed by atoms with Crippen LogP contribution in [0.4, 0.5) is 17.6 Å². The molecule has 2 rings (SSSR count). The van der Waals surface area contributed by atoms with Crippen LogP contribution in [0.25, 0.3) is 6.08 Å². The summed E-state index contributed by atoms with van der Waals surface area (Å²) in [5.41, 5.74) is 0.849. The molecule has 0 aliphatic heterocycles. The van der Waals surface area contributed by atoms with E-state index in [0.29, 0.717) is 24.5 Å². The number of halogens is 7. The van der Waals surface area contributed by atoms with Crippen LogP contribution in [0.15, 0.2) is 55.9 Å². The predicted molar refractivity (Wildman–Crippen MR) is 131 cm³/mol. The topological polar surface area (TPSA) is 46.2 Å². The number of Topliss-reactive ketones (excluding diaryl/α,β-unsaturated/α-hetero) is 1. The smallest absolute Gasteiger partial charge is 0.353 e. The summed E-state index contributed by atoms with van der Waals surface area (Å²) in [5, 5.41) is 2.39. The van der Waals surface area contributed by atoms with Crippen LogP contribution in [0.5, 0.6) is 0 Å². The van der Waals surface area contributed by atoms with Crippen molar-refractivity contribution in [1.82, 2.24) is 5.32 Å². The van der Waals surface area contributed by atoms with Crippen LogP contribution in [0.3, 0.4) is 0 Å². The van der Waals surface area contributed by atoms with Crippen molar-refractivity contribution in [2.45, 2.75) is 25.4 Å². The Balaban J connectivity index is 2.20. The van der Waals surface area contributed by atoms with E-state index in [1.807, 2.05) is 0 Å². The van der Waals surface area contributed by atoms with Gasteiger partial charge in [0.25, 0.3) is 0 Å². The molecule has 0 aliphatic carbocycles. The second kappa shape index (κ2) is 12.3. The van der Waals surface area contributed by atoms with E-state index in [9.17, 15) is 27.2 Å². The number of rotatable bonds is 9. The molecule has 1 amide bonds. The van der Waals surface area contributed by atoms with Crippen molar-refractivity contribution in [3.05, 3.63) is 72.6 Å². The molecule has 0 aliphatic rings. The molecular weight excluding hydrogens is 638 g/mol. The van der Waals surface area contributed by atoms with Crippen molar-refractivity contribution in [2.24, 2.45) is 5.92 Å². The molecule has 0 saturated carbocycles. The lowest BCUT2D eigenvalue weighted by molar-refractivity contribution is -0.139. The third kappa shape index (κ3) is 8.33. The van der Waals surface area contributed by atoms with E-state index in [1.54, 1.807) is 19.1 Å². The number of carbonyl (C=O) groups excluding carboxylic acids is 2. The molecular formula is C23H20Br3F4NO2. The lowest BCUT2D eigenvalue weighted by atomic mass is 9.96. The number of benzene rings is 2. The van der Waals surface area contributed by atoms with E-state index in [1.165, 1.54) is 30.3 Å². The minimum atomic E-state index is -4.50. The van der Waals surface area contributed by atoms with Crippen LogP contribution >= 0.6 is 47.8 Å². The molecule has 0 aromatic heterocycles. The highest BCUT2D eigenvalue weighted by Crippen LogP contribution is 2.38. The number of hydrogen-bond acceptors (Lipinski definition) is 2. The van der Waals surface area contributed by atoms with Gasteiger partial charge in [-0.05, 0) is 41.5 Å². The van der Waals surface area contributed by atoms with Crippen molar-refractivity contribution < 1.29 is 27.2 Å². The van der Waals surface area contributed by atoms with E-state index < -0.39 is 30.6 Å². The van der Waals surface area contributed by atoms with E-state index in [2.05, 4.69) is 53.1 Å². The molecule has 1 unspecified atom stereocenters. The summed E-state index contributed by atoms with van der Waals surface area (Å²) >= 11 is 9.71. The lowest BCUT2D eigenvalue weighted by Gasteiger charge is -2.18. The maximum atomic E-state index is 13.7. The van der Waals surface area contributed by atoms with Crippen LogP contribution in [-0.4, -0.2) is 31.1 Å². The molecule has 1 N–H and O–H groups in total. The second-order valence-electron chi connectivity index (χ2n) is 7.33. The number of amides is 1. The largest absolute Gasteiger partial charge is 0.399 e. The van der Waals surface area contributed by atoms with Crippen molar-refractivity contribution in [3.63, 3.8) is 0 Å². The fraction of sp³-hybridized carbons (Fsp3) is 0.304. The van der Waals surface area contributed by atoms with Gasteiger partial charge in [0, 0.05) is 37.9 Å². The van der Waals surface area contributed by atoms with E-state index >= 15 is 0 Å². The van der Waals surface area contributed by atoms with Gasteiger partial charge < -0.3 is 5.32 Å². The number of carbonyl (C=O) groups is 2. The van der Waals surface area contributed by atoms with Gasteiger partial charge in [-0.3, -0.25) is 9.59 Å². The molecule has 178 valence electrons. The Bertz CT molecular complexity index is 1020. The minimum absolute atomic E-state index is 0.0749. The van der Waals surface area contributed by atoms with Crippen LogP contribution < -0.4 is 5.32 Å². The Hall–Kier alpha value is -1.52. The first-order valence-corrected chi connectivity index (χ1v) is 12.2. The molecule has 0 radical (unpaired) electrons. The summed E-state index contributed by atoms with van der Waals surface area (Å²) in [6.07, 6.45) is -2.17. The number of hydrogen-bond donors (Lipinski definition) is 1. The van der Waals surface area contributed by atoms with Crippen LogP contribution in [-0.2, 0) is 4.79 Å². The highest BCUT2D eigenvalue weighted by molar-refractivity contribution is 9.11. The van der Waals surface area contributed by atoms with Gasteiger partial charge in [-0.15, -0.1) is 0 Å². The fourth-order valence-corrected chi connectivity index (χ4v) is 5.00. The molecule has 0 saturated heterocycles. The molecule has 2 atom stereocenters. The first-order chi connectivity index (χ1) is 15.4. The molecule has 2 aromatic carbocycles. The SMILES string of the molecule is C[C@@H](CC(=O)c1ccc(/C=C/C(c2cc(Br)cc(Br)c2)C(F)(F)F)cc1Br)C(=O)NCCF. The number of allylic oxidation sites excluding steroid dienone is 1. The van der Waals surface area contributed by atoms with E-state index in [0.717, 1.165) is 6.08 Å². The van der Waals surface area contributed by atoms with Gasteiger partial charge in [0.05, 0.1) is 5.92 Å². The van der Waals surface area contributed by atoms with Crippen molar-refractivity contribution in [3.8, 4) is 0 Å². The van der Waals surface area contributed by atoms with Gasteiger partial charge in [-0.25, -0.2) is 4.39 Å². The first-order valence-electron chi connectivity index (χ1n) is 9.79. The fourth-order valence-electron chi connectivity index (χ4n) is 3.06. The summed E-state index contributed by atoms with van der Waals surface area (Å²) in [4.78, 5) is 24.4. The Morgan fingerprint density at radius 2 is 1.70 bits per heavy atom. The van der Waals surface area contributed by atoms with Crippen LogP contribution in [0.2, 0.25) is 0 Å². The summed E-state index contributed by atoms with van der Waals surface area (Å²) in [6, 6.07) is 9.05. The van der Waals surface area contributed by atoms with Crippen molar-refractivity contribution in [2.75, 3.05) is 13.2 Å². The zero-order valence-electron chi connectivity index (χ0n) is 17.4. The van der Waals surface area contributed by atoms with Gasteiger partial charge in [0.15, 0.2) is 5.78 Å². The summed E-state index contributed by atoms with van der Waals surface area (Å²) < 4.78 is 54.7. The third-order valence-corrected chi connectivity index (χ3v) is 6.28. The highest BCUT2D eigenvalue weighted by atomic mass is 79.9. The average Bonchev–Trinajstić information content (AvgIpc) is 2.70. The minimum Gasteiger partial charge on any atom is -0.353 e.